The number of fused-ring (bicyclic) bond motifs is 1. The number of nitrogens with one attached hydrogen (secondary N) is 1. The van der Waals surface area contributed by atoms with Gasteiger partial charge in [-0.2, -0.15) is 0 Å². The van der Waals surface area contributed by atoms with Gasteiger partial charge in [0.1, 0.15) is 5.54 Å². The van der Waals surface area contributed by atoms with Crippen LogP contribution in [0.5, 0.6) is 0 Å². The first kappa shape index (κ1) is 17.3. The monoisotopic (exact) mass is 324 g/mol. The molecule has 1 aromatic rings. The summed E-state index contributed by atoms with van der Waals surface area (Å²) in [5.41, 5.74) is 7.29. The summed E-state index contributed by atoms with van der Waals surface area (Å²) in [6, 6.07) is 7.80. The molecule has 22 heavy (non-hydrogen) atoms. The second kappa shape index (κ2) is 5.84. The lowest BCUT2D eigenvalue weighted by atomic mass is 9.46. The van der Waals surface area contributed by atoms with Gasteiger partial charge in [-0.05, 0) is 37.5 Å². The third-order valence-electron chi connectivity index (χ3n) is 5.34. The molecule has 4 nitrogen and oxygen atoms in total. The molecule has 1 saturated carbocycles. The summed E-state index contributed by atoms with van der Waals surface area (Å²) in [6.07, 6.45) is 2.04. The summed E-state index contributed by atoms with van der Waals surface area (Å²) < 4.78 is 5.85. The van der Waals surface area contributed by atoms with Crippen molar-refractivity contribution in [2.24, 2.45) is 17.1 Å². The number of nitrogens with two attached hydrogens (primary N) is 1. The highest BCUT2D eigenvalue weighted by atomic mass is 35.5. The molecule has 122 valence electrons. The molecular weight excluding hydrogens is 300 g/mol. The number of amides is 1. The van der Waals surface area contributed by atoms with Crippen molar-refractivity contribution in [1.29, 1.82) is 0 Å². The number of anilines is 1. The van der Waals surface area contributed by atoms with E-state index in [1.54, 1.807) is 0 Å². The van der Waals surface area contributed by atoms with Gasteiger partial charge in [-0.15, -0.1) is 12.4 Å². The van der Waals surface area contributed by atoms with Crippen LogP contribution >= 0.6 is 12.4 Å². The number of benzene rings is 1. The molecule has 1 aliphatic carbocycles. The first-order valence-electron chi connectivity index (χ1n) is 7.66. The van der Waals surface area contributed by atoms with Crippen molar-refractivity contribution in [2.45, 2.75) is 45.3 Å². The fourth-order valence-electron chi connectivity index (χ4n) is 3.99. The Hall–Kier alpha value is -1.10. The number of carbonyl (C=O) groups excluding carboxylic acids is 1. The van der Waals surface area contributed by atoms with Gasteiger partial charge in [-0.1, -0.05) is 26.0 Å². The highest BCUT2D eigenvalue weighted by Crippen LogP contribution is 2.57. The molecule has 1 heterocycles. The molecule has 2 fully saturated rings. The van der Waals surface area contributed by atoms with Crippen molar-refractivity contribution < 1.29 is 9.53 Å². The van der Waals surface area contributed by atoms with Crippen LogP contribution in [-0.4, -0.2) is 24.2 Å². The SMILES string of the molecule is Cc1cccc(NC(=O)C2(N)C3CCCOC3C2(C)C)c1.Cl. The number of rotatable bonds is 2. The Labute approximate surface area is 138 Å². The normalized spacial score (nSPS) is 32.2. The van der Waals surface area contributed by atoms with E-state index < -0.39 is 5.54 Å². The van der Waals surface area contributed by atoms with E-state index in [-0.39, 0.29) is 35.8 Å². The number of hydrogen-bond donors (Lipinski definition) is 2. The van der Waals surface area contributed by atoms with Crippen LogP contribution in [-0.2, 0) is 9.53 Å². The molecule has 0 bridgehead atoms. The number of carbonyl (C=O) groups is 1. The first-order valence-corrected chi connectivity index (χ1v) is 7.66. The molecule has 2 aliphatic rings. The Morgan fingerprint density at radius 3 is 2.82 bits per heavy atom. The Balaban J connectivity index is 0.00000176. The molecule has 1 saturated heterocycles. The molecule has 0 aromatic heterocycles. The summed E-state index contributed by atoms with van der Waals surface area (Å²) in [6.45, 7) is 6.86. The van der Waals surface area contributed by atoms with E-state index in [9.17, 15) is 4.79 Å². The Morgan fingerprint density at radius 1 is 1.41 bits per heavy atom. The minimum absolute atomic E-state index is 0. The summed E-state index contributed by atoms with van der Waals surface area (Å²) in [7, 11) is 0. The van der Waals surface area contributed by atoms with Crippen LogP contribution in [0.2, 0.25) is 0 Å². The number of halogens is 1. The van der Waals surface area contributed by atoms with Crippen LogP contribution in [0.4, 0.5) is 5.69 Å². The van der Waals surface area contributed by atoms with Crippen molar-refractivity contribution in [3.05, 3.63) is 29.8 Å². The van der Waals surface area contributed by atoms with Gasteiger partial charge in [0.2, 0.25) is 5.91 Å². The van der Waals surface area contributed by atoms with Crippen LogP contribution in [0.1, 0.15) is 32.3 Å². The predicted octanol–water partition coefficient (Wildman–Crippen LogP) is 2.89. The van der Waals surface area contributed by atoms with Gasteiger partial charge >= 0.3 is 0 Å². The van der Waals surface area contributed by atoms with Gasteiger partial charge in [-0.25, -0.2) is 0 Å². The highest BCUT2D eigenvalue weighted by Gasteiger charge is 2.70. The third-order valence-corrected chi connectivity index (χ3v) is 5.34. The second-order valence-electron chi connectivity index (χ2n) is 6.95. The van der Waals surface area contributed by atoms with Gasteiger partial charge in [-0.3, -0.25) is 4.79 Å². The zero-order valence-electron chi connectivity index (χ0n) is 13.4. The maximum absolute atomic E-state index is 12.8. The van der Waals surface area contributed by atoms with E-state index in [4.69, 9.17) is 10.5 Å². The molecule has 1 amide bonds. The fourth-order valence-corrected chi connectivity index (χ4v) is 3.99. The second-order valence-corrected chi connectivity index (χ2v) is 6.95. The minimum atomic E-state index is -0.859. The van der Waals surface area contributed by atoms with E-state index in [2.05, 4.69) is 5.32 Å². The number of aryl methyl sites for hydroxylation is 1. The zero-order valence-corrected chi connectivity index (χ0v) is 14.2. The topological polar surface area (TPSA) is 64.4 Å². The molecule has 1 aromatic carbocycles. The van der Waals surface area contributed by atoms with Crippen molar-refractivity contribution in [2.75, 3.05) is 11.9 Å². The number of ether oxygens (including phenoxy) is 1. The molecule has 3 rings (SSSR count). The summed E-state index contributed by atoms with van der Waals surface area (Å²) >= 11 is 0. The largest absolute Gasteiger partial charge is 0.377 e. The quantitative estimate of drug-likeness (QED) is 0.879. The van der Waals surface area contributed by atoms with E-state index in [0.29, 0.717) is 0 Å². The van der Waals surface area contributed by atoms with Crippen LogP contribution < -0.4 is 11.1 Å². The van der Waals surface area contributed by atoms with Crippen LogP contribution in [0.25, 0.3) is 0 Å². The van der Waals surface area contributed by atoms with Crippen LogP contribution in [0.15, 0.2) is 24.3 Å². The maximum atomic E-state index is 12.8. The Kier molecular flexibility index (Phi) is 4.58. The third kappa shape index (κ3) is 2.34. The average Bonchev–Trinajstić information content (AvgIpc) is 2.46. The van der Waals surface area contributed by atoms with Crippen molar-refractivity contribution in [3.8, 4) is 0 Å². The van der Waals surface area contributed by atoms with Crippen LogP contribution in [0.3, 0.4) is 0 Å². The van der Waals surface area contributed by atoms with E-state index >= 15 is 0 Å². The zero-order chi connectivity index (χ0) is 15.3. The number of hydrogen-bond acceptors (Lipinski definition) is 3. The summed E-state index contributed by atoms with van der Waals surface area (Å²) in [4.78, 5) is 12.8. The van der Waals surface area contributed by atoms with Gasteiger partial charge in [0.05, 0.1) is 6.10 Å². The predicted molar refractivity (Wildman–Crippen MR) is 90.2 cm³/mol. The Morgan fingerprint density at radius 2 is 2.14 bits per heavy atom. The lowest BCUT2D eigenvalue weighted by Crippen LogP contribution is -2.81. The van der Waals surface area contributed by atoms with Crippen LogP contribution in [0, 0.1) is 18.3 Å². The molecule has 3 unspecified atom stereocenters. The van der Waals surface area contributed by atoms with E-state index in [0.717, 1.165) is 30.7 Å². The molecule has 1 aliphatic heterocycles. The summed E-state index contributed by atoms with van der Waals surface area (Å²) in [5.74, 6) is 0.0240. The molecule has 5 heteroatoms. The maximum Gasteiger partial charge on any atom is 0.245 e. The van der Waals surface area contributed by atoms with Gasteiger partial charge < -0.3 is 15.8 Å². The molecule has 0 spiro atoms. The van der Waals surface area contributed by atoms with Gasteiger partial charge in [0.15, 0.2) is 0 Å². The van der Waals surface area contributed by atoms with E-state index in [1.165, 1.54) is 0 Å². The molecular formula is C17H25ClN2O2. The standard InChI is InChI=1S/C17H24N2O2.ClH/c1-11-6-4-7-12(10-11)19-15(20)17(18)13-8-5-9-21-14(13)16(17,2)3;/h4,6-7,10,13-14H,5,8-9,18H2,1-3H3,(H,19,20);1H. The lowest BCUT2D eigenvalue weighted by Gasteiger charge is -2.65. The fraction of sp³-hybridized carbons (Fsp3) is 0.588. The molecule has 3 N–H and O–H groups in total. The minimum Gasteiger partial charge on any atom is -0.377 e. The highest BCUT2D eigenvalue weighted by molar-refractivity contribution is 6.00. The average molecular weight is 325 g/mol. The van der Waals surface area contributed by atoms with E-state index in [1.807, 2.05) is 45.0 Å². The van der Waals surface area contributed by atoms with Gasteiger partial charge in [0, 0.05) is 23.6 Å². The lowest BCUT2D eigenvalue weighted by molar-refractivity contribution is -0.222. The van der Waals surface area contributed by atoms with Crippen molar-refractivity contribution in [1.82, 2.24) is 0 Å². The van der Waals surface area contributed by atoms with Crippen molar-refractivity contribution >= 4 is 24.0 Å². The summed E-state index contributed by atoms with van der Waals surface area (Å²) in [5, 5.41) is 2.99. The van der Waals surface area contributed by atoms with Gasteiger partial charge in [0.25, 0.3) is 0 Å². The van der Waals surface area contributed by atoms with Crippen molar-refractivity contribution in [3.63, 3.8) is 0 Å². The Bertz CT molecular complexity index is 576. The molecule has 0 radical (unpaired) electrons. The molecule has 3 atom stereocenters. The smallest absolute Gasteiger partial charge is 0.245 e. The first-order chi connectivity index (χ1) is 9.87.